The van der Waals surface area contributed by atoms with E-state index in [4.69, 9.17) is 4.74 Å². The standard InChI is InChI=1S/C20H30BrN3O/c1-4-5-6-13-24(3)19(22-2)23-16-20(11-14-25-15-12-20)17-7-9-18(21)10-8-17/h4,7-10H,1,5-6,11-16H2,2-3H3,(H,22,23). The summed E-state index contributed by atoms with van der Waals surface area (Å²) < 4.78 is 6.74. The lowest BCUT2D eigenvalue weighted by atomic mass is 9.74. The maximum Gasteiger partial charge on any atom is 0.193 e. The van der Waals surface area contributed by atoms with Crippen molar-refractivity contribution < 1.29 is 4.74 Å². The van der Waals surface area contributed by atoms with Gasteiger partial charge in [0.1, 0.15) is 0 Å². The Kier molecular flexibility index (Phi) is 7.97. The first-order chi connectivity index (χ1) is 12.1. The van der Waals surface area contributed by atoms with Crippen LogP contribution < -0.4 is 5.32 Å². The fraction of sp³-hybridized carbons (Fsp3) is 0.550. The predicted molar refractivity (Wildman–Crippen MR) is 109 cm³/mol. The summed E-state index contributed by atoms with van der Waals surface area (Å²) in [7, 11) is 3.94. The van der Waals surface area contributed by atoms with E-state index in [1.807, 2.05) is 13.1 Å². The van der Waals surface area contributed by atoms with E-state index in [1.165, 1.54) is 5.56 Å². The number of guanidine groups is 1. The van der Waals surface area contributed by atoms with Crippen LogP contribution in [-0.4, -0.2) is 51.3 Å². The smallest absolute Gasteiger partial charge is 0.193 e. The monoisotopic (exact) mass is 407 g/mol. The molecule has 5 heteroatoms. The number of rotatable bonds is 7. The van der Waals surface area contributed by atoms with Crippen LogP contribution in [0, 0.1) is 0 Å². The zero-order valence-corrected chi connectivity index (χ0v) is 17.0. The Morgan fingerprint density at radius 3 is 2.64 bits per heavy atom. The maximum atomic E-state index is 5.63. The molecule has 1 aliphatic rings. The molecule has 0 spiro atoms. The molecule has 0 aliphatic carbocycles. The molecule has 0 saturated carbocycles. The zero-order valence-electron chi connectivity index (χ0n) is 15.4. The first-order valence-corrected chi connectivity index (χ1v) is 9.77. The van der Waals surface area contributed by atoms with Crippen LogP contribution in [0.3, 0.4) is 0 Å². The van der Waals surface area contributed by atoms with Crippen molar-refractivity contribution in [1.29, 1.82) is 0 Å². The molecule has 1 saturated heterocycles. The van der Waals surface area contributed by atoms with Crippen LogP contribution in [0.4, 0.5) is 0 Å². The SMILES string of the molecule is C=CCCCN(C)C(=NC)NCC1(c2ccc(Br)cc2)CCOCC1. The van der Waals surface area contributed by atoms with E-state index in [2.05, 4.69) is 69.0 Å². The number of halogens is 1. The summed E-state index contributed by atoms with van der Waals surface area (Å²) in [6, 6.07) is 8.72. The molecule has 2 rings (SSSR count). The molecule has 0 radical (unpaired) electrons. The van der Waals surface area contributed by atoms with E-state index in [9.17, 15) is 0 Å². The average Bonchev–Trinajstić information content (AvgIpc) is 2.64. The quantitative estimate of drug-likeness (QED) is 0.321. The Balaban J connectivity index is 2.06. The summed E-state index contributed by atoms with van der Waals surface area (Å²) in [5.41, 5.74) is 1.47. The van der Waals surface area contributed by atoms with E-state index >= 15 is 0 Å². The highest BCUT2D eigenvalue weighted by Gasteiger charge is 2.34. The van der Waals surface area contributed by atoms with Crippen LogP contribution in [-0.2, 0) is 10.2 Å². The van der Waals surface area contributed by atoms with E-state index in [0.29, 0.717) is 0 Å². The van der Waals surface area contributed by atoms with Gasteiger partial charge in [0.2, 0.25) is 0 Å². The van der Waals surface area contributed by atoms with Gasteiger partial charge in [-0.3, -0.25) is 4.99 Å². The van der Waals surface area contributed by atoms with Crippen molar-refractivity contribution in [3.63, 3.8) is 0 Å². The van der Waals surface area contributed by atoms with Crippen molar-refractivity contribution in [2.75, 3.05) is 40.4 Å². The first kappa shape index (κ1) is 20.0. The van der Waals surface area contributed by atoms with Gasteiger partial charge in [-0.2, -0.15) is 0 Å². The molecular weight excluding hydrogens is 378 g/mol. The second-order valence-corrected chi connectivity index (χ2v) is 7.57. The van der Waals surface area contributed by atoms with Gasteiger partial charge in [-0.25, -0.2) is 0 Å². The molecule has 0 amide bonds. The maximum absolute atomic E-state index is 5.63. The van der Waals surface area contributed by atoms with Gasteiger partial charge >= 0.3 is 0 Å². The topological polar surface area (TPSA) is 36.9 Å². The van der Waals surface area contributed by atoms with Crippen molar-refractivity contribution in [3.05, 3.63) is 47.0 Å². The molecule has 4 nitrogen and oxygen atoms in total. The van der Waals surface area contributed by atoms with Gasteiger partial charge in [0, 0.05) is 50.3 Å². The summed E-state index contributed by atoms with van der Waals surface area (Å²) in [5.74, 6) is 0.951. The number of hydrogen-bond donors (Lipinski definition) is 1. The summed E-state index contributed by atoms with van der Waals surface area (Å²) >= 11 is 3.54. The molecule has 138 valence electrons. The molecule has 1 N–H and O–H groups in total. The molecular formula is C20H30BrN3O. The largest absolute Gasteiger partial charge is 0.381 e. The number of benzene rings is 1. The lowest BCUT2D eigenvalue weighted by Gasteiger charge is -2.39. The van der Waals surface area contributed by atoms with Crippen molar-refractivity contribution >= 4 is 21.9 Å². The number of nitrogens with zero attached hydrogens (tertiary/aromatic N) is 2. The third kappa shape index (κ3) is 5.58. The second kappa shape index (κ2) is 9.97. The van der Waals surface area contributed by atoms with Crippen LogP contribution in [0.15, 0.2) is 46.4 Å². The highest BCUT2D eigenvalue weighted by atomic mass is 79.9. The van der Waals surface area contributed by atoms with Crippen molar-refractivity contribution in [2.45, 2.75) is 31.1 Å². The number of ether oxygens (including phenoxy) is 1. The third-order valence-corrected chi connectivity index (χ3v) is 5.50. The molecule has 0 atom stereocenters. The highest BCUT2D eigenvalue weighted by molar-refractivity contribution is 9.10. The molecule has 1 aromatic carbocycles. The number of hydrogen-bond acceptors (Lipinski definition) is 2. The van der Waals surface area contributed by atoms with Gasteiger partial charge < -0.3 is 15.0 Å². The molecule has 0 aromatic heterocycles. The van der Waals surface area contributed by atoms with Crippen molar-refractivity contribution in [1.82, 2.24) is 10.2 Å². The molecule has 25 heavy (non-hydrogen) atoms. The van der Waals surface area contributed by atoms with E-state index in [0.717, 1.165) is 62.4 Å². The highest BCUT2D eigenvalue weighted by Crippen LogP contribution is 2.35. The number of aliphatic imine (C=N–C) groups is 1. The average molecular weight is 408 g/mol. The van der Waals surface area contributed by atoms with Gasteiger partial charge in [-0.05, 0) is 43.4 Å². The number of nitrogens with one attached hydrogen (secondary N) is 1. The lowest BCUT2D eigenvalue weighted by molar-refractivity contribution is 0.0512. The van der Waals surface area contributed by atoms with Gasteiger partial charge in [0.15, 0.2) is 5.96 Å². The fourth-order valence-corrected chi connectivity index (χ4v) is 3.61. The minimum Gasteiger partial charge on any atom is -0.381 e. The summed E-state index contributed by atoms with van der Waals surface area (Å²) in [4.78, 5) is 6.65. The van der Waals surface area contributed by atoms with Crippen LogP contribution in [0.1, 0.15) is 31.2 Å². The van der Waals surface area contributed by atoms with Crippen LogP contribution >= 0.6 is 15.9 Å². The van der Waals surface area contributed by atoms with Gasteiger partial charge in [-0.15, -0.1) is 6.58 Å². The molecule has 1 fully saturated rings. The Morgan fingerprint density at radius 1 is 1.36 bits per heavy atom. The van der Waals surface area contributed by atoms with Crippen LogP contribution in [0.25, 0.3) is 0 Å². The van der Waals surface area contributed by atoms with Gasteiger partial charge in [-0.1, -0.05) is 34.1 Å². The first-order valence-electron chi connectivity index (χ1n) is 8.98. The minimum atomic E-state index is 0.0941. The Hall–Kier alpha value is -1.33. The Bertz CT molecular complexity index is 565. The van der Waals surface area contributed by atoms with Crippen LogP contribution in [0.2, 0.25) is 0 Å². The summed E-state index contributed by atoms with van der Waals surface area (Å²) in [5, 5.41) is 3.60. The molecule has 1 heterocycles. The van der Waals surface area contributed by atoms with Crippen molar-refractivity contribution in [3.8, 4) is 0 Å². The van der Waals surface area contributed by atoms with E-state index < -0.39 is 0 Å². The Labute approximate surface area is 160 Å². The minimum absolute atomic E-state index is 0.0941. The summed E-state index contributed by atoms with van der Waals surface area (Å²) in [6.45, 7) is 7.26. The zero-order chi connectivity index (χ0) is 18.1. The number of unbranched alkanes of at least 4 members (excludes halogenated alkanes) is 1. The van der Waals surface area contributed by atoms with Gasteiger partial charge in [0.05, 0.1) is 0 Å². The Morgan fingerprint density at radius 2 is 2.04 bits per heavy atom. The second-order valence-electron chi connectivity index (χ2n) is 6.65. The van der Waals surface area contributed by atoms with Crippen LogP contribution in [0.5, 0.6) is 0 Å². The van der Waals surface area contributed by atoms with Gasteiger partial charge in [0.25, 0.3) is 0 Å². The normalized spacial score (nSPS) is 17.2. The lowest BCUT2D eigenvalue weighted by Crippen LogP contribution is -2.48. The summed E-state index contributed by atoms with van der Waals surface area (Å²) in [6.07, 6.45) is 6.14. The predicted octanol–water partition coefficient (Wildman–Crippen LogP) is 3.97. The molecule has 1 aromatic rings. The number of allylic oxidation sites excluding steroid dienone is 1. The molecule has 1 aliphatic heterocycles. The fourth-order valence-electron chi connectivity index (χ4n) is 3.34. The van der Waals surface area contributed by atoms with Crippen molar-refractivity contribution in [2.24, 2.45) is 4.99 Å². The third-order valence-electron chi connectivity index (χ3n) is 4.97. The van der Waals surface area contributed by atoms with E-state index in [-0.39, 0.29) is 5.41 Å². The molecule has 0 bridgehead atoms. The van der Waals surface area contributed by atoms with E-state index in [1.54, 1.807) is 0 Å². The molecule has 0 unspecified atom stereocenters.